The fraction of sp³-hybridized carbons (Fsp3) is 0.300. The molecular formula is C20H15F3N4O. The number of nitrogens with zero attached hydrogens (tertiary/aromatic N) is 3. The molecule has 5 nitrogen and oxygen atoms in total. The number of amides is 1. The summed E-state index contributed by atoms with van der Waals surface area (Å²) in [5.41, 5.74) is 1.11. The predicted molar refractivity (Wildman–Crippen MR) is 96.1 cm³/mol. The molecule has 1 aromatic carbocycles. The smallest absolute Gasteiger partial charge is 0.321 e. The van der Waals surface area contributed by atoms with Crippen molar-refractivity contribution in [1.82, 2.24) is 4.98 Å². The van der Waals surface area contributed by atoms with Gasteiger partial charge in [-0.3, -0.25) is 9.79 Å². The van der Waals surface area contributed by atoms with Crippen LogP contribution in [0.15, 0.2) is 29.4 Å². The molecule has 2 heterocycles. The standard InChI is InChI=1S/C20H15F3N4O/c1-10-16(20(21,22)23)13(7-24)9-25-17(10)19(28)27-14-5-4-12-8-26-18(11-2-3-11)15(12)6-14/h4-6,9,11H,2-3,8H2,1H3,(H,27,28). The van der Waals surface area contributed by atoms with Crippen molar-refractivity contribution in [2.75, 3.05) is 5.32 Å². The van der Waals surface area contributed by atoms with Gasteiger partial charge in [-0.15, -0.1) is 0 Å². The van der Waals surface area contributed by atoms with Crippen molar-refractivity contribution in [1.29, 1.82) is 5.26 Å². The number of hydrogen-bond donors (Lipinski definition) is 1. The minimum Gasteiger partial charge on any atom is -0.321 e. The van der Waals surface area contributed by atoms with Gasteiger partial charge < -0.3 is 5.32 Å². The van der Waals surface area contributed by atoms with Crippen molar-refractivity contribution in [2.24, 2.45) is 10.9 Å². The number of aliphatic imine (C=N–C) groups is 1. The molecule has 1 aliphatic heterocycles. The number of alkyl halides is 3. The Morgan fingerprint density at radius 3 is 2.71 bits per heavy atom. The molecule has 0 saturated heterocycles. The molecule has 1 saturated carbocycles. The van der Waals surface area contributed by atoms with Gasteiger partial charge in [0.1, 0.15) is 11.8 Å². The summed E-state index contributed by atoms with van der Waals surface area (Å²) in [6.45, 7) is 1.76. The zero-order valence-electron chi connectivity index (χ0n) is 14.9. The van der Waals surface area contributed by atoms with E-state index in [1.807, 2.05) is 6.07 Å². The molecule has 2 aromatic rings. The fourth-order valence-corrected chi connectivity index (χ4v) is 3.47. The highest BCUT2D eigenvalue weighted by Crippen LogP contribution is 2.38. The first kappa shape index (κ1) is 18.2. The van der Waals surface area contributed by atoms with Crippen LogP contribution in [0, 0.1) is 24.2 Å². The fourth-order valence-electron chi connectivity index (χ4n) is 3.47. The predicted octanol–water partition coefficient (Wildman–Crippen LogP) is 4.25. The molecule has 1 N–H and O–H groups in total. The number of rotatable bonds is 3. The van der Waals surface area contributed by atoms with Gasteiger partial charge in [0, 0.05) is 29.1 Å². The number of pyridine rings is 1. The molecule has 1 fully saturated rings. The lowest BCUT2D eigenvalue weighted by Gasteiger charge is -2.15. The van der Waals surface area contributed by atoms with Gasteiger partial charge in [-0.25, -0.2) is 4.98 Å². The minimum atomic E-state index is -4.75. The van der Waals surface area contributed by atoms with Crippen LogP contribution in [-0.4, -0.2) is 16.6 Å². The van der Waals surface area contributed by atoms with Gasteiger partial charge >= 0.3 is 6.18 Å². The van der Waals surface area contributed by atoms with Crippen LogP contribution < -0.4 is 5.32 Å². The van der Waals surface area contributed by atoms with Crippen molar-refractivity contribution >= 4 is 17.3 Å². The van der Waals surface area contributed by atoms with E-state index in [9.17, 15) is 18.0 Å². The molecule has 0 spiro atoms. The zero-order chi connectivity index (χ0) is 20.1. The lowest BCUT2D eigenvalue weighted by atomic mass is 10.0. The highest BCUT2D eigenvalue weighted by atomic mass is 19.4. The summed E-state index contributed by atoms with van der Waals surface area (Å²) < 4.78 is 40.0. The normalized spacial score (nSPS) is 15.6. The van der Waals surface area contributed by atoms with E-state index in [1.165, 1.54) is 6.07 Å². The van der Waals surface area contributed by atoms with E-state index in [2.05, 4.69) is 15.3 Å². The third-order valence-electron chi connectivity index (χ3n) is 4.97. The number of carbonyl (C=O) groups excluding carboxylic acids is 1. The Bertz CT molecular complexity index is 1060. The third-order valence-corrected chi connectivity index (χ3v) is 4.97. The number of aromatic nitrogens is 1. The molecular weight excluding hydrogens is 369 g/mol. The summed E-state index contributed by atoms with van der Waals surface area (Å²) in [6, 6.07) is 6.85. The number of benzene rings is 1. The Hall–Kier alpha value is -3.21. The first-order valence-corrected chi connectivity index (χ1v) is 8.75. The maximum absolute atomic E-state index is 13.3. The Morgan fingerprint density at radius 1 is 1.32 bits per heavy atom. The van der Waals surface area contributed by atoms with Crippen LogP contribution in [-0.2, 0) is 12.7 Å². The molecule has 0 atom stereocenters. The average Bonchev–Trinajstić information content (AvgIpc) is 3.39. The summed E-state index contributed by atoms with van der Waals surface area (Å²) in [7, 11) is 0. The summed E-state index contributed by atoms with van der Waals surface area (Å²) in [4.78, 5) is 20.9. The highest BCUT2D eigenvalue weighted by molar-refractivity contribution is 6.09. The lowest BCUT2D eigenvalue weighted by molar-refractivity contribution is -0.138. The molecule has 0 unspecified atom stereocenters. The van der Waals surface area contributed by atoms with Gasteiger partial charge in [-0.05, 0) is 43.0 Å². The molecule has 1 amide bonds. The first-order valence-electron chi connectivity index (χ1n) is 8.75. The molecule has 142 valence electrons. The van der Waals surface area contributed by atoms with Crippen LogP contribution in [0.4, 0.5) is 18.9 Å². The van der Waals surface area contributed by atoms with Gasteiger partial charge in [-0.2, -0.15) is 18.4 Å². The largest absolute Gasteiger partial charge is 0.418 e. The summed E-state index contributed by atoms with van der Waals surface area (Å²) >= 11 is 0. The van der Waals surface area contributed by atoms with Gasteiger partial charge in [-0.1, -0.05) is 6.07 Å². The zero-order valence-corrected chi connectivity index (χ0v) is 14.9. The van der Waals surface area contributed by atoms with Crippen LogP contribution in [0.2, 0.25) is 0 Å². The Labute approximate surface area is 158 Å². The second kappa shape index (κ2) is 6.44. The van der Waals surface area contributed by atoms with Gasteiger partial charge in [0.2, 0.25) is 0 Å². The minimum absolute atomic E-state index is 0.358. The van der Waals surface area contributed by atoms with Gasteiger partial charge in [0.05, 0.1) is 17.7 Å². The molecule has 8 heteroatoms. The number of halogens is 3. The number of nitriles is 1. The Kier molecular flexibility index (Phi) is 4.18. The van der Waals surface area contributed by atoms with E-state index in [-0.39, 0.29) is 11.3 Å². The summed E-state index contributed by atoms with van der Waals surface area (Å²) in [5, 5.41) is 11.6. The van der Waals surface area contributed by atoms with E-state index >= 15 is 0 Å². The van der Waals surface area contributed by atoms with Crippen LogP contribution in [0.5, 0.6) is 0 Å². The van der Waals surface area contributed by atoms with E-state index in [0.29, 0.717) is 18.2 Å². The maximum Gasteiger partial charge on any atom is 0.418 e. The highest BCUT2D eigenvalue weighted by Gasteiger charge is 2.37. The molecule has 1 aliphatic carbocycles. The van der Waals surface area contributed by atoms with E-state index in [0.717, 1.165) is 42.8 Å². The second-order valence-electron chi connectivity index (χ2n) is 6.93. The molecule has 1 aromatic heterocycles. The number of anilines is 1. The maximum atomic E-state index is 13.3. The van der Waals surface area contributed by atoms with Crippen molar-refractivity contribution in [3.8, 4) is 6.07 Å². The van der Waals surface area contributed by atoms with E-state index < -0.39 is 23.2 Å². The van der Waals surface area contributed by atoms with Crippen LogP contribution in [0.1, 0.15) is 51.1 Å². The monoisotopic (exact) mass is 384 g/mol. The topological polar surface area (TPSA) is 78.1 Å². The average molecular weight is 384 g/mol. The van der Waals surface area contributed by atoms with Crippen LogP contribution in [0.3, 0.4) is 0 Å². The quantitative estimate of drug-likeness (QED) is 0.860. The molecule has 0 bridgehead atoms. The van der Waals surface area contributed by atoms with Gasteiger partial charge in [0.15, 0.2) is 0 Å². The Morgan fingerprint density at radius 2 is 2.07 bits per heavy atom. The summed E-state index contributed by atoms with van der Waals surface area (Å²) in [5.74, 6) is -0.292. The third kappa shape index (κ3) is 3.13. The van der Waals surface area contributed by atoms with Crippen molar-refractivity contribution < 1.29 is 18.0 Å². The van der Waals surface area contributed by atoms with E-state index in [4.69, 9.17) is 5.26 Å². The number of hydrogen-bond acceptors (Lipinski definition) is 4. The van der Waals surface area contributed by atoms with E-state index in [1.54, 1.807) is 12.1 Å². The summed E-state index contributed by atoms with van der Waals surface area (Å²) in [6.07, 6.45) is -1.77. The Balaban J connectivity index is 1.64. The first-order chi connectivity index (χ1) is 13.3. The number of carbonyl (C=O) groups is 1. The molecule has 4 rings (SSSR count). The molecule has 0 radical (unpaired) electrons. The van der Waals surface area contributed by atoms with Gasteiger partial charge in [0.25, 0.3) is 5.91 Å². The SMILES string of the molecule is Cc1c(C(=O)Nc2ccc3c(c2)C(C2CC2)=NC3)ncc(C#N)c1C(F)(F)F. The number of fused-ring (bicyclic) bond motifs is 1. The van der Waals surface area contributed by atoms with Crippen molar-refractivity contribution in [3.63, 3.8) is 0 Å². The lowest BCUT2D eigenvalue weighted by Crippen LogP contribution is -2.20. The van der Waals surface area contributed by atoms with Crippen molar-refractivity contribution in [2.45, 2.75) is 32.5 Å². The molecule has 28 heavy (non-hydrogen) atoms. The number of nitrogens with one attached hydrogen (secondary N) is 1. The van der Waals surface area contributed by atoms with Crippen LogP contribution in [0.25, 0.3) is 0 Å². The van der Waals surface area contributed by atoms with Crippen LogP contribution >= 0.6 is 0 Å². The van der Waals surface area contributed by atoms with Crippen molar-refractivity contribution in [3.05, 3.63) is 57.9 Å². The second-order valence-corrected chi connectivity index (χ2v) is 6.93. The molecule has 2 aliphatic rings.